The number of carbonyl (C=O) groups is 1. The molecule has 9 nitrogen and oxygen atoms in total. The minimum absolute atomic E-state index is 0.0574. The third kappa shape index (κ3) is 4.83. The first-order valence-corrected chi connectivity index (χ1v) is 10.4. The van der Waals surface area contributed by atoms with Crippen molar-refractivity contribution in [3.05, 3.63) is 53.3 Å². The van der Waals surface area contributed by atoms with Crippen molar-refractivity contribution < 1.29 is 14.3 Å². The summed E-state index contributed by atoms with van der Waals surface area (Å²) < 4.78 is 11.5. The fourth-order valence-corrected chi connectivity index (χ4v) is 3.31. The van der Waals surface area contributed by atoms with Crippen LogP contribution in [0.4, 0.5) is 5.95 Å². The Bertz CT molecular complexity index is 1110. The summed E-state index contributed by atoms with van der Waals surface area (Å²) in [5, 5.41) is 0. The number of nitrogens with zero attached hydrogens (tertiary/aromatic N) is 6. The van der Waals surface area contributed by atoms with E-state index >= 15 is 0 Å². The van der Waals surface area contributed by atoms with Gasteiger partial charge in [-0.25, -0.2) is 0 Å². The lowest BCUT2D eigenvalue weighted by Gasteiger charge is -2.27. The lowest BCUT2D eigenvalue weighted by atomic mass is 10.1. The molecule has 0 unspecified atom stereocenters. The van der Waals surface area contributed by atoms with Crippen molar-refractivity contribution in [3.8, 4) is 23.1 Å². The molecule has 1 fully saturated rings. The van der Waals surface area contributed by atoms with Crippen molar-refractivity contribution >= 4 is 11.9 Å². The number of hydrogen-bond acceptors (Lipinski definition) is 8. The van der Waals surface area contributed by atoms with Crippen LogP contribution in [-0.4, -0.2) is 71.1 Å². The lowest BCUT2D eigenvalue weighted by molar-refractivity contribution is 0.0827. The predicted octanol–water partition coefficient (Wildman–Crippen LogP) is 2.88. The van der Waals surface area contributed by atoms with Crippen LogP contribution in [0.1, 0.15) is 21.6 Å². The van der Waals surface area contributed by atoms with Gasteiger partial charge < -0.3 is 19.3 Å². The maximum absolute atomic E-state index is 12.3. The molecule has 0 bridgehead atoms. The number of aryl methyl sites for hydroxylation is 2. The van der Waals surface area contributed by atoms with Crippen molar-refractivity contribution in [3.63, 3.8) is 0 Å². The molecular formula is C23H26N6O3. The lowest BCUT2D eigenvalue weighted by Crippen LogP contribution is -2.37. The molecule has 0 saturated carbocycles. The van der Waals surface area contributed by atoms with Crippen molar-refractivity contribution in [2.24, 2.45) is 0 Å². The number of amides is 1. The molecule has 4 rings (SSSR count). The van der Waals surface area contributed by atoms with Gasteiger partial charge in [0.1, 0.15) is 5.75 Å². The second kappa shape index (κ2) is 9.27. The summed E-state index contributed by atoms with van der Waals surface area (Å²) in [6.45, 7) is 6.41. The summed E-state index contributed by atoms with van der Waals surface area (Å²) in [5.74, 6) is 1.51. The molecule has 0 spiro atoms. The molecule has 166 valence electrons. The van der Waals surface area contributed by atoms with Gasteiger partial charge in [-0.3, -0.25) is 9.78 Å². The van der Waals surface area contributed by atoms with Crippen LogP contribution in [0.5, 0.6) is 11.8 Å². The fraction of sp³-hybridized carbons (Fsp3) is 0.348. The highest BCUT2D eigenvalue weighted by atomic mass is 16.5. The molecule has 9 heteroatoms. The first-order valence-electron chi connectivity index (χ1n) is 10.4. The number of morpholine rings is 1. The van der Waals surface area contributed by atoms with Gasteiger partial charge >= 0.3 is 6.01 Å². The van der Waals surface area contributed by atoms with Crippen molar-refractivity contribution in [1.82, 2.24) is 24.8 Å². The normalized spacial score (nSPS) is 13.7. The summed E-state index contributed by atoms with van der Waals surface area (Å²) in [4.78, 5) is 34.0. The number of rotatable bonds is 5. The average molecular weight is 435 g/mol. The summed E-state index contributed by atoms with van der Waals surface area (Å²) in [5.41, 5.74) is 3.13. The largest absolute Gasteiger partial charge is 0.424 e. The van der Waals surface area contributed by atoms with Crippen LogP contribution in [-0.2, 0) is 4.74 Å². The van der Waals surface area contributed by atoms with Gasteiger partial charge in [0, 0.05) is 50.2 Å². The number of pyridine rings is 1. The van der Waals surface area contributed by atoms with Gasteiger partial charge in [-0.1, -0.05) is 0 Å². The quantitative estimate of drug-likeness (QED) is 0.605. The second-order valence-corrected chi connectivity index (χ2v) is 7.81. The van der Waals surface area contributed by atoms with Gasteiger partial charge in [-0.2, -0.15) is 15.0 Å². The first-order chi connectivity index (χ1) is 15.4. The number of anilines is 1. The zero-order valence-corrected chi connectivity index (χ0v) is 18.7. The van der Waals surface area contributed by atoms with Gasteiger partial charge in [0.2, 0.25) is 5.95 Å². The molecule has 3 heterocycles. The molecule has 1 aromatic carbocycles. The molecule has 1 saturated heterocycles. The predicted molar refractivity (Wildman–Crippen MR) is 120 cm³/mol. The molecule has 1 aliphatic rings. The van der Waals surface area contributed by atoms with Crippen LogP contribution in [0, 0.1) is 13.8 Å². The molecule has 0 N–H and O–H groups in total. The van der Waals surface area contributed by atoms with E-state index in [0.29, 0.717) is 49.4 Å². The van der Waals surface area contributed by atoms with E-state index in [9.17, 15) is 4.79 Å². The Morgan fingerprint density at radius 2 is 1.84 bits per heavy atom. The van der Waals surface area contributed by atoms with E-state index in [1.807, 2.05) is 36.9 Å². The van der Waals surface area contributed by atoms with E-state index in [1.54, 1.807) is 37.3 Å². The Balaban J connectivity index is 1.68. The Morgan fingerprint density at radius 3 is 2.50 bits per heavy atom. The Morgan fingerprint density at radius 1 is 1.06 bits per heavy atom. The highest BCUT2D eigenvalue weighted by molar-refractivity contribution is 5.95. The monoisotopic (exact) mass is 434 g/mol. The van der Waals surface area contributed by atoms with Gasteiger partial charge in [0.05, 0.1) is 13.2 Å². The Hall–Kier alpha value is -3.59. The van der Waals surface area contributed by atoms with E-state index in [4.69, 9.17) is 9.47 Å². The van der Waals surface area contributed by atoms with Crippen LogP contribution in [0.3, 0.4) is 0 Å². The van der Waals surface area contributed by atoms with Gasteiger partial charge in [0.15, 0.2) is 5.82 Å². The topological polar surface area (TPSA) is 93.6 Å². The highest BCUT2D eigenvalue weighted by Gasteiger charge is 2.19. The van der Waals surface area contributed by atoms with Crippen LogP contribution >= 0.6 is 0 Å². The third-order valence-electron chi connectivity index (χ3n) is 5.11. The summed E-state index contributed by atoms with van der Waals surface area (Å²) in [6.07, 6.45) is 1.74. The van der Waals surface area contributed by atoms with E-state index in [0.717, 1.165) is 16.8 Å². The molecule has 3 aromatic rings. The number of carbonyl (C=O) groups excluding carboxylic acids is 1. The van der Waals surface area contributed by atoms with Crippen molar-refractivity contribution in [2.75, 3.05) is 45.3 Å². The zero-order valence-electron chi connectivity index (χ0n) is 18.7. The number of hydrogen-bond donors (Lipinski definition) is 0. The van der Waals surface area contributed by atoms with Crippen molar-refractivity contribution in [2.45, 2.75) is 13.8 Å². The number of aromatic nitrogens is 4. The molecule has 0 aliphatic carbocycles. The third-order valence-corrected chi connectivity index (χ3v) is 5.11. The van der Waals surface area contributed by atoms with E-state index in [2.05, 4.69) is 19.9 Å². The molecule has 32 heavy (non-hydrogen) atoms. The van der Waals surface area contributed by atoms with E-state index in [-0.39, 0.29) is 11.9 Å². The minimum Gasteiger partial charge on any atom is -0.424 e. The van der Waals surface area contributed by atoms with Crippen LogP contribution in [0.25, 0.3) is 11.4 Å². The fourth-order valence-electron chi connectivity index (χ4n) is 3.31. The molecule has 0 atom stereocenters. The molecule has 1 amide bonds. The van der Waals surface area contributed by atoms with Gasteiger partial charge in [-0.05, 0) is 49.7 Å². The maximum Gasteiger partial charge on any atom is 0.327 e. The minimum atomic E-state index is -0.0574. The SMILES string of the molecule is Cc1ccc(-c2nc(Oc3ccc(C(=O)N(C)C)c(C)c3)nc(N3CCOCC3)n2)cn1. The summed E-state index contributed by atoms with van der Waals surface area (Å²) in [6, 6.07) is 9.33. The number of benzene rings is 1. The van der Waals surface area contributed by atoms with Crippen LogP contribution in [0.15, 0.2) is 36.5 Å². The standard InChI is InChI=1S/C23H26N6O3/c1-15-13-18(7-8-19(15)21(30)28(3)4)32-23-26-20(17-6-5-16(2)24-14-17)25-22(27-23)29-9-11-31-12-10-29/h5-8,13-14H,9-12H2,1-4H3. The second-order valence-electron chi connectivity index (χ2n) is 7.81. The highest BCUT2D eigenvalue weighted by Crippen LogP contribution is 2.26. The maximum atomic E-state index is 12.3. The molecule has 1 aliphatic heterocycles. The first kappa shape index (κ1) is 21.6. The van der Waals surface area contributed by atoms with Gasteiger partial charge in [0.25, 0.3) is 5.91 Å². The van der Waals surface area contributed by atoms with E-state index < -0.39 is 0 Å². The number of ether oxygens (including phenoxy) is 2. The van der Waals surface area contributed by atoms with Gasteiger partial charge in [-0.15, -0.1) is 0 Å². The average Bonchev–Trinajstić information content (AvgIpc) is 2.79. The Labute approximate surface area is 187 Å². The summed E-state index contributed by atoms with van der Waals surface area (Å²) in [7, 11) is 3.46. The Kier molecular flexibility index (Phi) is 6.27. The van der Waals surface area contributed by atoms with Crippen LogP contribution < -0.4 is 9.64 Å². The zero-order chi connectivity index (χ0) is 22.7. The van der Waals surface area contributed by atoms with E-state index in [1.165, 1.54) is 0 Å². The molecule has 0 radical (unpaired) electrons. The van der Waals surface area contributed by atoms with Crippen LogP contribution in [0.2, 0.25) is 0 Å². The summed E-state index contributed by atoms with van der Waals surface area (Å²) >= 11 is 0. The smallest absolute Gasteiger partial charge is 0.327 e. The molecule has 2 aromatic heterocycles. The van der Waals surface area contributed by atoms with Crippen molar-refractivity contribution in [1.29, 1.82) is 0 Å². The molecular weight excluding hydrogens is 408 g/mol.